The highest BCUT2D eigenvalue weighted by Crippen LogP contribution is 2.19. The zero-order valence-corrected chi connectivity index (χ0v) is 9.32. The molecule has 3 nitrogen and oxygen atoms in total. The summed E-state index contributed by atoms with van der Waals surface area (Å²) >= 11 is 2.13. The Bertz CT molecular complexity index is 276. The number of benzene rings is 1. The fourth-order valence-corrected chi connectivity index (χ4v) is 1.54. The van der Waals surface area contributed by atoms with Gasteiger partial charge in [0.25, 0.3) is 0 Å². The van der Waals surface area contributed by atoms with E-state index >= 15 is 0 Å². The Morgan fingerprint density at radius 2 is 2.08 bits per heavy atom. The van der Waals surface area contributed by atoms with Crippen molar-refractivity contribution in [2.45, 2.75) is 4.05 Å². The number of rotatable bonds is 2. The molecule has 0 fully saturated rings. The molecule has 0 aromatic heterocycles. The van der Waals surface area contributed by atoms with Crippen LogP contribution in [0.25, 0.3) is 0 Å². The van der Waals surface area contributed by atoms with E-state index in [-0.39, 0.29) is 4.05 Å². The third-order valence-electron chi connectivity index (χ3n) is 1.52. The number of hydrogen-bond donors (Lipinski definition) is 1. The Balaban J connectivity index is 2.59. The van der Waals surface area contributed by atoms with E-state index in [0.717, 1.165) is 5.56 Å². The van der Waals surface area contributed by atoms with Gasteiger partial charge in [-0.3, -0.25) is 0 Å². The molecule has 0 saturated heterocycles. The summed E-state index contributed by atoms with van der Waals surface area (Å²) in [7, 11) is 1.35. The van der Waals surface area contributed by atoms with E-state index in [1.807, 2.05) is 30.3 Å². The molecular formula is C9H10INO2. The van der Waals surface area contributed by atoms with Crippen LogP contribution in [0.4, 0.5) is 4.79 Å². The second-order valence-electron chi connectivity index (χ2n) is 2.41. The molecule has 0 spiro atoms. The SMILES string of the molecule is COC(=O)N[C@@H](I)c1ccccc1. The van der Waals surface area contributed by atoms with E-state index in [1.54, 1.807) is 0 Å². The number of carbonyl (C=O) groups is 1. The quantitative estimate of drug-likeness (QED) is 0.516. The highest BCUT2D eigenvalue weighted by Gasteiger charge is 2.09. The van der Waals surface area contributed by atoms with Gasteiger partial charge in [0.15, 0.2) is 0 Å². The molecule has 13 heavy (non-hydrogen) atoms. The highest BCUT2D eigenvalue weighted by molar-refractivity contribution is 14.1. The molecule has 1 N–H and O–H groups in total. The van der Waals surface area contributed by atoms with Gasteiger partial charge in [-0.25, -0.2) is 4.79 Å². The summed E-state index contributed by atoms with van der Waals surface area (Å²) in [5.41, 5.74) is 1.05. The van der Waals surface area contributed by atoms with Gasteiger partial charge in [0, 0.05) is 0 Å². The molecule has 1 amide bonds. The average Bonchev–Trinajstić information content (AvgIpc) is 2.19. The normalized spacial score (nSPS) is 11.8. The second-order valence-corrected chi connectivity index (χ2v) is 3.65. The minimum Gasteiger partial charge on any atom is -0.453 e. The van der Waals surface area contributed by atoms with Crippen LogP contribution in [-0.4, -0.2) is 13.2 Å². The molecule has 1 atom stereocenters. The fourth-order valence-electron chi connectivity index (χ4n) is 0.868. The zero-order valence-electron chi connectivity index (χ0n) is 7.16. The number of nitrogens with one attached hydrogen (secondary N) is 1. The summed E-state index contributed by atoms with van der Waals surface area (Å²) in [5, 5.41) is 2.67. The molecule has 1 aromatic rings. The van der Waals surface area contributed by atoms with Gasteiger partial charge < -0.3 is 10.1 Å². The number of alkyl carbamates (subject to hydrolysis) is 1. The average molecular weight is 291 g/mol. The van der Waals surface area contributed by atoms with Gasteiger partial charge in [0.1, 0.15) is 4.05 Å². The number of hydrogen-bond acceptors (Lipinski definition) is 2. The van der Waals surface area contributed by atoms with Crippen LogP contribution in [0, 0.1) is 0 Å². The minimum absolute atomic E-state index is 0.0498. The molecule has 0 bridgehead atoms. The van der Waals surface area contributed by atoms with Crippen molar-refractivity contribution >= 4 is 28.7 Å². The molecule has 0 unspecified atom stereocenters. The fraction of sp³-hybridized carbons (Fsp3) is 0.222. The van der Waals surface area contributed by atoms with Crippen LogP contribution < -0.4 is 5.32 Å². The van der Waals surface area contributed by atoms with Crippen LogP contribution in [-0.2, 0) is 4.74 Å². The third-order valence-corrected chi connectivity index (χ3v) is 2.55. The topological polar surface area (TPSA) is 38.3 Å². The standard InChI is InChI=1S/C9H10INO2/c1-13-9(12)11-8(10)7-5-3-2-4-6-7/h2-6,8H,1H3,(H,11,12)/t8-/m1/s1. The number of alkyl halides is 1. The summed E-state index contributed by atoms with van der Waals surface area (Å²) in [5.74, 6) is 0. The molecular weight excluding hydrogens is 281 g/mol. The zero-order chi connectivity index (χ0) is 9.68. The predicted octanol–water partition coefficient (Wildman–Crippen LogP) is 2.48. The molecule has 70 valence electrons. The van der Waals surface area contributed by atoms with Crippen LogP contribution in [0.15, 0.2) is 30.3 Å². The van der Waals surface area contributed by atoms with E-state index in [9.17, 15) is 4.79 Å². The maximum Gasteiger partial charge on any atom is 0.407 e. The monoisotopic (exact) mass is 291 g/mol. The Hall–Kier alpha value is -0.780. The maximum atomic E-state index is 10.9. The van der Waals surface area contributed by atoms with Crippen molar-refractivity contribution in [1.82, 2.24) is 5.32 Å². The highest BCUT2D eigenvalue weighted by atomic mass is 127. The lowest BCUT2D eigenvalue weighted by molar-refractivity contribution is 0.170. The smallest absolute Gasteiger partial charge is 0.407 e. The molecule has 0 aliphatic carbocycles. The van der Waals surface area contributed by atoms with Crippen LogP contribution in [0.3, 0.4) is 0 Å². The van der Waals surface area contributed by atoms with E-state index in [2.05, 4.69) is 32.6 Å². The van der Waals surface area contributed by atoms with Crippen molar-refractivity contribution in [3.05, 3.63) is 35.9 Å². The number of halogens is 1. The van der Waals surface area contributed by atoms with Crippen LogP contribution in [0.5, 0.6) is 0 Å². The Kier molecular flexibility index (Phi) is 4.01. The van der Waals surface area contributed by atoms with Crippen LogP contribution in [0.2, 0.25) is 0 Å². The van der Waals surface area contributed by atoms with E-state index in [4.69, 9.17) is 0 Å². The first-order chi connectivity index (χ1) is 6.24. The van der Waals surface area contributed by atoms with Crippen molar-refractivity contribution in [2.75, 3.05) is 7.11 Å². The molecule has 0 radical (unpaired) electrons. The molecule has 1 aromatic carbocycles. The summed E-state index contributed by atoms with van der Waals surface area (Å²) < 4.78 is 4.44. The summed E-state index contributed by atoms with van der Waals surface area (Å²) in [6, 6.07) is 9.70. The maximum absolute atomic E-state index is 10.9. The second kappa shape index (κ2) is 5.06. The van der Waals surface area contributed by atoms with Crippen LogP contribution in [0.1, 0.15) is 9.61 Å². The summed E-state index contributed by atoms with van der Waals surface area (Å²) in [6.45, 7) is 0. The van der Waals surface area contributed by atoms with Gasteiger partial charge in [0.2, 0.25) is 0 Å². The van der Waals surface area contributed by atoms with Crippen molar-refractivity contribution in [3.63, 3.8) is 0 Å². The summed E-state index contributed by atoms with van der Waals surface area (Å²) in [4.78, 5) is 10.9. The third kappa shape index (κ3) is 3.22. The molecule has 0 saturated carbocycles. The van der Waals surface area contributed by atoms with Crippen molar-refractivity contribution in [3.8, 4) is 0 Å². The van der Waals surface area contributed by atoms with Crippen LogP contribution >= 0.6 is 22.6 Å². The Labute approximate surface area is 90.6 Å². The van der Waals surface area contributed by atoms with Gasteiger partial charge in [-0.1, -0.05) is 52.9 Å². The van der Waals surface area contributed by atoms with Gasteiger partial charge in [0.05, 0.1) is 7.11 Å². The number of carbonyl (C=O) groups excluding carboxylic acids is 1. The van der Waals surface area contributed by atoms with Gasteiger partial charge >= 0.3 is 6.09 Å². The minimum atomic E-state index is -0.414. The van der Waals surface area contributed by atoms with Crippen molar-refractivity contribution in [1.29, 1.82) is 0 Å². The molecule has 0 aliphatic heterocycles. The lowest BCUT2D eigenvalue weighted by Gasteiger charge is -2.10. The van der Waals surface area contributed by atoms with Gasteiger partial charge in [-0.15, -0.1) is 0 Å². The molecule has 1 rings (SSSR count). The van der Waals surface area contributed by atoms with Gasteiger partial charge in [-0.2, -0.15) is 0 Å². The lowest BCUT2D eigenvalue weighted by atomic mass is 10.2. The first-order valence-electron chi connectivity index (χ1n) is 3.77. The lowest BCUT2D eigenvalue weighted by Crippen LogP contribution is -2.24. The predicted molar refractivity (Wildman–Crippen MR) is 58.7 cm³/mol. The molecule has 0 aliphatic rings. The van der Waals surface area contributed by atoms with Crippen molar-refractivity contribution < 1.29 is 9.53 Å². The van der Waals surface area contributed by atoms with Gasteiger partial charge in [-0.05, 0) is 5.56 Å². The molecule has 0 heterocycles. The van der Waals surface area contributed by atoms with Crippen molar-refractivity contribution in [2.24, 2.45) is 0 Å². The number of methoxy groups -OCH3 is 1. The van der Waals surface area contributed by atoms with E-state index in [0.29, 0.717) is 0 Å². The first kappa shape index (κ1) is 10.3. The number of amides is 1. The Morgan fingerprint density at radius 1 is 1.46 bits per heavy atom. The van der Waals surface area contributed by atoms with E-state index < -0.39 is 6.09 Å². The Morgan fingerprint density at radius 3 is 2.62 bits per heavy atom. The largest absolute Gasteiger partial charge is 0.453 e. The van der Waals surface area contributed by atoms with E-state index in [1.165, 1.54) is 7.11 Å². The molecule has 4 heteroatoms. The summed E-state index contributed by atoms with van der Waals surface area (Å²) in [6.07, 6.45) is -0.414. The number of ether oxygens (including phenoxy) is 1. The first-order valence-corrected chi connectivity index (χ1v) is 5.02.